The fourth-order valence-electron chi connectivity index (χ4n) is 1.79. The number of ketones is 1. The van der Waals surface area contributed by atoms with E-state index in [-0.39, 0.29) is 17.1 Å². The fraction of sp³-hybridized carbons (Fsp3) is 0.125. The van der Waals surface area contributed by atoms with Crippen LogP contribution in [0.25, 0.3) is 6.08 Å². The molecular weight excluding hydrogens is 308 g/mol. The molecule has 0 spiro atoms. The van der Waals surface area contributed by atoms with Crippen molar-refractivity contribution in [2.45, 2.75) is 13.5 Å². The SMILES string of the molecule is Cc1ccsc1C(=O)/C(C#N)=C\c1ccc(OC(F)F)cc1. The Labute approximate surface area is 130 Å². The minimum atomic E-state index is -2.89. The van der Waals surface area contributed by atoms with Gasteiger partial charge in [-0.15, -0.1) is 11.3 Å². The largest absolute Gasteiger partial charge is 0.435 e. The van der Waals surface area contributed by atoms with Crippen LogP contribution in [0, 0.1) is 18.3 Å². The van der Waals surface area contributed by atoms with Crippen molar-refractivity contribution in [2.75, 3.05) is 0 Å². The van der Waals surface area contributed by atoms with Crippen molar-refractivity contribution in [3.63, 3.8) is 0 Å². The zero-order valence-electron chi connectivity index (χ0n) is 11.5. The minimum absolute atomic E-state index is 0.00641. The molecule has 0 aliphatic rings. The molecule has 2 rings (SSSR count). The van der Waals surface area contributed by atoms with Crippen molar-refractivity contribution in [3.05, 3.63) is 57.3 Å². The van der Waals surface area contributed by atoms with E-state index in [0.717, 1.165) is 5.56 Å². The highest BCUT2D eigenvalue weighted by molar-refractivity contribution is 7.12. The first-order valence-electron chi connectivity index (χ1n) is 6.26. The van der Waals surface area contributed by atoms with Crippen LogP contribution in [0.2, 0.25) is 0 Å². The van der Waals surface area contributed by atoms with Gasteiger partial charge in [-0.1, -0.05) is 12.1 Å². The predicted octanol–water partition coefficient (Wildman–Crippen LogP) is 4.45. The molecule has 0 N–H and O–H groups in total. The lowest BCUT2D eigenvalue weighted by atomic mass is 10.1. The number of alkyl halides is 2. The van der Waals surface area contributed by atoms with Gasteiger partial charge in [0.2, 0.25) is 5.78 Å². The number of aryl methyl sites for hydroxylation is 1. The average Bonchev–Trinajstić information content (AvgIpc) is 2.91. The number of thiophene rings is 1. The Bertz CT molecular complexity index is 742. The van der Waals surface area contributed by atoms with E-state index in [0.29, 0.717) is 10.4 Å². The van der Waals surface area contributed by atoms with Gasteiger partial charge in [0.05, 0.1) is 4.88 Å². The first-order valence-corrected chi connectivity index (χ1v) is 7.14. The number of hydrogen-bond acceptors (Lipinski definition) is 4. The van der Waals surface area contributed by atoms with Crippen LogP contribution in [0.1, 0.15) is 20.8 Å². The van der Waals surface area contributed by atoms with Crippen molar-refractivity contribution < 1.29 is 18.3 Å². The second-order valence-corrected chi connectivity index (χ2v) is 5.30. The summed E-state index contributed by atoms with van der Waals surface area (Å²) in [6.45, 7) is -1.09. The molecule has 1 heterocycles. The first kappa shape index (κ1) is 15.9. The molecule has 1 aromatic heterocycles. The third-order valence-corrected chi connectivity index (χ3v) is 3.86. The second-order valence-electron chi connectivity index (χ2n) is 4.38. The molecule has 112 valence electrons. The third-order valence-electron chi connectivity index (χ3n) is 2.85. The molecule has 0 fully saturated rings. The summed E-state index contributed by atoms with van der Waals surface area (Å²) in [5.41, 5.74) is 1.37. The number of benzene rings is 1. The minimum Gasteiger partial charge on any atom is -0.435 e. The zero-order valence-corrected chi connectivity index (χ0v) is 12.4. The summed E-state index contributed by atoms with van der Waals surface area (Å²) < 4.78 is 28.4. The van der Waals surface area contributed by atoms with Crippen molar-refractivity contribution in [2.24, 2.45) is 0 Å². The van der Waals surface area contributed by atoms with Crippen LogP contribution in [0.3, 0.4) is 0 Å². The normalized spacial score (nSPS) is 11.3. The van der Waals surface area contributed by atoms with Crippen LogP contribution >= 0.6 is 11.3 Å². The number of rotatable bonds is 5. The van der Waals surface area contributed by atoms with Gasteiger partial charge in [-0.05, 0) is 47.7 Å². The van der Waals surface area contributed by atoms with Gasteiger partial charge in [-0.3, -0.25) is 4.79 Å². The molecule has 0 saturated carbocycles. The van der Waals surface area contributed by atoms with Gasteiger partial charge in [-0.2, -0.15) is 14.0 Å². The Hall–Kier alpha value is -2.52. The Morgan fingerprint density at radius 1 is 1.32 bits per heavy atom. The maximum atomic E-state index is 12.3. The van der Waals surface area contributed by atoms with Crippen molar-refractivity contribution >= 4 is 23.2 Å². The molecule has 0 radical (unpaired) electrons. The maximum Gasteiger partial charge on any atom is 0.387 e. The highest BCUT2D eigenvalue weighted by Crippen LogP contribution is 2.22. The van der Waals surface area contributed by atoms with E-state index >= 15 is 0 Å². The number of halogens is 2. The van der Waals surface area contributed by atoms with Gasteiger partial charge in [-0.25, -0.2) is 0 Å². The monoisotopic (exact) mass is 319 g/mol. The fourth-order valence-corrected chi connectivity index (χ4v) is 2.67. The maximum absolute atomic E-state index is 12.3. The van der Waals surface area contributed by atoms with E-state index in [1.54, 1.807) is 12.3 Å². The number of nitrogens with zero attached hydrogens (tertiary/aromatic N) is 1. The van der Waals surface area contributed by atoms with Gasteiger partial charge in [0.25, 0.3) is 0 Å². The van der Waals surface area contributed by atoms with Crippen LogP contribution in [0.5, 0.6) is 5.75 Å². The van der Waals surface area contributed by atoms with Gasteiger partial charge in [0, 0.05) is 0 Å². The summed E-state index contributed by atoms with van der Waals surface area (Å²) in [4.78, 5) is 12.8. The molecule has 0 atom stereocenters. The summed E-state index contributed by atoms with van der Waals surface area (Å²) in [5.74, 6) is -0.325. The average molecular weight is 319 g/mol. The second kappa shape index (κ2) is 6.96. The Kier molecular flexibility index (Phi) is 5.02. The van der Waals surface area contributed by atoms with E-state index in [4.69, 9.17) is 5.26 Å². The Balaban J connectivity index is 2.24. The molecule has 22 heavy (non-hydrogen) atoms. The van der Waals surface area contributed by atoms with E-state index in [2.05, 4.69) is 4.74 Å². The number of nitriles is 1. The summed E-state index contributed by atoms with van der Waals surface area (Å²) >= 11 is 1.28. The van der Waals surface area contributed by atoms with Gasteiger partial charge in [0.1, 0.15) is 17.4 Å². The molecule has 0 saturated heterocycles. The molecule has 0 amide bonds. The molecule has 3 nitrogen and oxygen atoms in total. The van der Waals surface area contributed by atoms with E-state index in [1.807, 2.05) is 12.1 Å². The molecule has 6 heteroatoms. The van der Waals surface area contributed by atoms with Crippen molar-refractivity contribution in [1.29, 1.82) is 5.26 Å². The number of ether oxygens (including phenoxy) is 1. The Morgan fingerprint density at radius 3 is 2.50 bits per heavy atom. The van der Waals surface area contributed by atoms with Crippen LogP contribution < -0.4 is 4.74 Å². The van der Waals surface area contributed by atoms with Gasteiger partial charge >= 0.3 is 6.61 Å². The molecule has 1 aromatic carbocycles. The quantitative estimate of drug-likeness (QED) is 0.465. The van der Waals surface area contributed by atoms with Crippen molar-refractivity contribution in [3.8, 4) is 11.8 Å². The summed E-state index contributed by atoms with van der Waals surface area (Å²) in [7, 11) is 0. The van der Waals surface area contributed by atoms with Crippen LogP contribution in [0.4, 0.5) is 8.78 Å². The lowest BCUT2D eigenvalue weighted by Gasteiger charge is -2.04. The smallest absolute Gasteiger partial charge is 0.387 e. The van der Waals surface area contributed by atoms with Crippen LogP contribution in [0.15, 0.2) is 41.3 Å². The van der Waals surface area contributed by atoms with Crippen LogP contribution in [-0.2, 0) is 0 Å². The van der Waals surface area contributed by atoms with Crippen molar-refractivity contribution in [1.82, 2.24) is 0 Å². The van der Waals surface area contributed by atoms with Gasteiger partial charge in [0.15, 0.2) is 0 Å². The standard InChI is InChI=1S/C16H11F2NO2S/c1-10-6-7-22-15(10)14(20)12(9-19)8-11-2-4-13(5-3-11)21-16(17)18/h2-8,16H,1H3/b12-8-. The molecule has 0 aliphatic heterocycles. The van der Waals surface area contributed by atoms with E-state index in [9.17, 15) is 13.6 Å². The lowest BCUT2D eigenvalue weighted by Crippen LogP contribution is -2.02. The summed E-state index contributed by atoms with van der Waals surface area (Å²) in [6.07, 6.45) is 1.42. The number of allylic oxidation sites excluding steroid dienone is 1. The number of carbonyl (C=O) groups excluding carboxylic acids is 1. The van der Waals surface area contributed by atoms with Gasteiger partial charge < -0.3 is 4.74 Å². The topological polar surface area (TPSA) is 50.1 Å². The molecule has 0 aliphatic carbocycles. The Morgan fingerprint density at radius 2 is 2.00 bits per heavy atom. The molecule has 0 bridgehead atoms. The van der Waals surface area contributed by atoms with Crippen LogP contribution in [-0.4, -0.2) is 12.4 Å². The van der Waals surface area contributed by atoms with E-state index < -0.39 is 6.61 Å². The molecule has 0 unspecified atom stereocenters. The predicted molar refractivity (Wildman–Crippen MR) is 80.1 cm³/mol. The molecule has 2 aromatic rings. The third kappa shape index (κ3) is 3.77. The highest BCUT2D eigenvalue weighted by atomic mass is 32.1. The zero-order chi connectivity index (χ0) is 16.1. The van der Waals surface area contributed by atoms with E-state index in [1.165, 1.54) is 41.7 Å². The number of hydrogen-bond donors (Lipinski definition) is 0. The number of carbonyl (C=O) groups is 1. The molecular formula is C16H11F2NO2S. The lowest BCUT2D eigenvalue weighted by molar-refractivity contribution is -0.0498. The highest BCUT2D eigenvalue weighted by Gasteiger charge is 2.15. The number of Topliss-reactive ketones (excluding diaryl/α,β-unsaturated/α-hetero) is 1. The first-order chi connectivity index (χ1) is 10.5. The summed E-state index contributed by atoms with van der Waals surface area (Å²) in [5, 5.41) is 10.9. The summed E-state index contributed by atoms with van der Waals surface area (Å²) in [6, 6.07) is 9.41.